The first-order chi connectivity index (χ1) is 12.4. The summed E-state index contributed by atoms with van der Waals surface area (Å²) in [5, 5.41) is 5.31. The Morgan fingerprint density at radius 1 is 1.31 bits per heavy atom. The van der Waals surface area contributed by atoms with E-state index in [9.17, 15) is 9.18 Å². The molecule has 4 N–H and O–H groups in total. The van der Waals surface area contributed by atoms with Crippen molar-refractivity contribution in [1.29, 1.82) is 0 Å². The van der Waals surface area contributed by atoms with E-state index in [2.05, 4.69) is 15.6 Å². The van der Waals surface area contributed by atoms with Gasteiger partial charge in [-0.25, -0.2) is 13.8 Å². The number of carbonyl (C=O) groups excluding carboxylic acids is 1. The minimum atomic E-state index is -0.721. The van der Waals surface area contributed by atoms with Gasteiger partial charge in [-0.3, -0.25) is 4.79 Å². The molecule has 0 aliphatic rings. The molecule has 0 aliphatic carbocycles. The van der Waals surface area contributed by atoms with Crippen LogP contribution >= 0.6 is 0 Å². The normalized spacial score (nSPS) is 11.0. The summed E-state index contributed by atoms with van der Waals surface area (Å²) >= 11 is 0. The highest BCUT2D eigenvalue weighted by atomic mass is 19.1. The molecule has 0 unspecified atom stereocenters. The Hall–Kier alpha value is -3.00. The topological polar surface area (TPSA) is 85.0 Å². The van der Waals surface area contributed by atoms with Crippen LogP contribution < -0.4 is 16.4 Å². The number of halogens is 2. The third-order valence-electron chi connectivity index (χ3n) is 4.02. The van der Waals surface area contributed by atoms with Crippen molar-refractivity contribution < 1.29 is 13.6 Å². The molecule has 1 aromatic heterocycles. The summed E-state index contributed by atoms with van der Waals surface area (Å²) in [5.74, 6) is -1.77. The SMILES string of the molecule is Cc1ccc(Nc2c(C(=O)NCCN)cc3c(ncn3C)c2F)c(F)c1. The Balaban J connectivity index is 2.14. The zero-order valence-corrected chi connectivity index (χ0v) is 14.4. The Morgan fingerprint density at radius 3 is 2.77 bits per heavy atom. The van der Waals surface area contributed by atoms with Crippen molar-refractivity contribution in [2.45, 2.75) is 6.92 Å². The Kier molecular flexibility index (Phi) is 4.85. The lowest BCUT2D eigenvalue weighted by atomic mass is 10.1. The van der Waals surface area contributed by atoms with Gasteiger partial charge in [-0.05, 0) is 30.7 Å². The third-order valence-corrected chi connectivity index (χ3v) is 4.02. The predicted molar refractivity (Wildman–Crippen MR) is 96.5 cm³/mol. The molecule has 0 radical (unpaired) electrons. The van der Waals surface area contributed by atoms with E-state index in [0.29, 0.717) is 5.52 Å². The number of benzene rings is 2. The van der Waals surface area contributed by atoms with Crippen LogP contribution in [0.15, 0.2) is 30.6 Å². The van der Waals surface area contributed by atoms with Gasteiger partial charge in [0.2, 0.25) is 0 Å². The minimum Gasteiger partial charge on any atom is -0.351 e. The van der Waals surface area contributed by atoms with Gasteiger partial charge in [-0.15, -0.1) is 0 Å². The summed E-state index contributed by atoms with van der Waals surface area (Å²) in [4.78, 5) is 16.5. The first-order valence-corrected chi connectivity index (χ1v) is 8.07. The number of aryl methyl sites for hydroxylation is 2. The minimum absolute atomic E-state index is 0.0482. The van der Waals surface area contributed by atoms with E-state index in [1.54, 1.807) is 24.6 Å². The van der Waals surface area contributed by atoms with Crippen LogP contribution in [0.1, 0.15) is 15.9 Å². The van der Waals surface area contributed by atoms with Crippen molar-refractivity contribution in [3.63, 3.8) is 0 Å². The van der Waals surface area contributed by atoms with Crippen LogP contribution in [0, 0.1) is 18.6 Å². The van der Waals surface area contributed by atoms with Crippen molar-refractivity contribution in [3.05, 3.63) is 53.4 Å². The van der Waals surface area contributed by atoms with Crippen LogP contribution in [-0.2, 0) is 7.05 Å². The maximum absolute atomic E-state index is 15.1. The summed E-state index contributed by atoms with van der Waals surface area (Å²) in [6, 6.07) is 6.03. The molecular weight excluding hydrogens is 340 g/mol. The molecule has 0 spiro atoms. The Labute approximate surface area is 149 Å². The van der Waals surface area contributed by atoms with Crippen LogP contribution in [0.2, 0.25) is 0 Å². The van der Waals surface area contributed by atoms with Crippen LogP contribution in [0.4, 0.5) is 20.2 Å². The van der Waals surface area contributed by atoms with Gasteiger partial charge in [-0.1, -0.05) is 6.07 Å². The van der Waals surface area contributed by atoms with E-state index in [0.717, 1.165) is 5.56 Å². The first kappa shape index (κ1) is 17.8. The smallest absolute Gasteiger partial charge is 0.253 e. The number of aromatic nitrogens is 2. The largest absolute Gasteiger partial charge is 0.351 e. The fraction of sp³-hybridized carbons (Fsp3) is 0.222. The summed E-state index contributed by atoms with van der Waals surface area (Å²) in [6.07, 6.45) is 1.45. The molecule has 3 aromatic rings. The maximum atomic E-state index is 15.1. The summed E-state index contributed by atoms with van der Waals surface area (Å²) < 4.78 is 30.9. The Morgan fingerprint density at radius 2 is 2.08 bits per heavy atom. The highest BCUT2D eigenvalue weighted by molar-refractivity contribution is 6.04. The van der Waals surface area contributed by atoms with Gasteiger partial charge >= 0.3 is 0 Å². The van der Waals surface area contributed by atoms with Gasteiger partial charge in [0.05, 0.1) is 28.8 Å². The number of anilines is 2. The standard InChI is InChI=1S/C18H19F2N5O/c1-10-3-4-13(12(19)7-10)24-16-11(18(26)22-6-5-21)8-14-17(15(16)20)23-9-25(14)2/h3-4,7-9,24H,5-6,21H2,1-2H3,(H,22,26). The second kappa shape index (κ2) is 7.09. The van der Waals surface area contributed by atoms with E-state index in [-0.39, 0.29) is 35.5 Å². The number of carbonyl (C=O) groups is 1. The van der Waals surface area contributed by atoms with Crippen molar-refractivity contribution in [2.24, 2.45) is 12.8 Å². The molecule has 0 saturated carbocycles. The summed E-state index contributed by atoms with van der Waals surface area (Å²) in [6.45, 7) is 2.23. The molecule has 1 heterocycles. The lowest BCUT2D eigenvalue weighted by Gasteiger charge is -2.15. The second-order valence-corrected chi connectivity index (χ2v) is 5.99. The number of nitrogens with one attached hydrogen (secondary N) is 2. The molecule has 136 valence electrons. The number of amides is 1. The van der Waals surface area contributed by atoms with Crippen LogP contribution in [0.25, 0.3) is 11.0 Å². The van der Waals surface area contributed by atoms with Crippen LogP contribution in [-0.4, -0.2) is 28.5 Å². The van der Waals surface area contributed by atoms with Crippen LogP contribution in [0.5, 0.6) is 0 Å². The molecule has 0 atom stereocenters. The van der Waals surface area contributed by atoms with Crippen molar-refractivity contribution in [2.75, 3.05) is 18.4 Å². The van der Waals surface area contributed by atoms with E-state index >= 15 is 4.39 Å². The molecule has 2 aromatic carbocycles. The van der Waals surface area contributed by atoms with E-state index in [1.165, 1.54) is 24.5 Å². The number of hydrogen-bond donors (Lipinski definition) is 3. The summed E-state index contributed by atoms with van der Waals surface area (Å²) in [7, 11) is 1.70. The molecule has 0 fully saturated rings. The molecule has 26 heavy (non-hydrogen) atoms. The highest BCUT2D eigenvalue weighted by Gasteiger charge is 2.22. The molecule has 1 amide bonds. The number of nitrogens with two attached hydrogens (primary N) is 1. The average molecular weight is 359 g/mol. The summed E-state index contributed by atoms with van der Waals surface area (Å²) in [5.41, 5.74) is 6.68. The van der Waals surface area contributed by atoms with E-state index in [4.69, 9.17) is 5.73 Å². The third kappa shape index (κ3) is 3.23. The molecule has 0 saturated heterocycles. The number of rotatable bonds is 5. The highest BCUT2D eigenvalue weighted by Crippen LogP contribution is 2.31. The molecule has 0 aliphatic heterocycles. The second-order valence-electron chi connectivity index (χ2n) is 5.99. The fourth-order valence-corrected chi connectivity index (χ4v) is 2.66. The zero-order valence-electron chi connectivity index (χ0n) is 14.4. The van der Waals surface area contributed by atoms with Gasteiger partial charge in [0, 0.05) is 20.1 Å². The van der Waals surface area contributed by atoms with E-state index in [1.807, 2.05) is 0 Å². The zero-order chi connectivity index (χ0) is 18.8. The van der Waals surface area contributed by atoms with Gasteiger partial charge in [-0.2, -0.15) is 0 Å². The lowest BCUT2D eigenvalue weighted by molar-refractivity contribution is 0.0955. The molecule has 0 bridgehead atoms. The maximum Gasteiger partial charge on any atom is 0.253 e. The van der Waals surface area contributed by atoms with Crippen molar-refractivity contribution >= 4 is 28.3 Å². The van der Waals surface area contributed by atoms with Gasteiger partial charge in [0.15, 0.2) is 5.82 Å². The quantitative estimate of drug-likeness (QED) is 0.654. The van der Waals surface area contributed by atoms with Crippen LogP contribution in [0.3, 0.4) is 0 Å². The first-order valence-electron chi connectivity index (χ1n) is 8.07. The predicted octanol–water partition coefficient (Wildman–Crippen LogP) is 2.59. The number of nitrogens with zero attached hydrogens (tertiary/aromatic N) is 2. The van der Waals surface area contributed by atoms with E-state index < -0.39 is 17.5 Å². The van der Waals surface area contributed by atoms with Crippen molar-refractivity contribution in [1.82, 2.24) is 14.9 Å². The van der Waals surface area contributed by atoms with Gasteiger partial charge in [0.25, 0.3) is 5.91 Å². The van der Waals surface area contributed by atoms with Gasteiger partial charge < -0.3 is 20.9 Å². The fourth-order valence-electron chi connectivity index (χ4n) is 2.66. The number of fused-ring (bicyclic) bond motifs is 1. The number of hydrogen-bond acceptors (Lipinski definition) is 4. The van der Waals surface area contributed by atoms with Gasteiger partial charge in [0.1, 0.15) is 11.3 Å². The number of imidazole rings is 1. The monoisotopic (exact) mass is 359 g/mol. The molecule has 6 nitrogen and oxygen atoms in total. The average Bonchev–Trinajstić information content (AvgIpc) is 2.98. The molecule has 3 rings (SSSR count). The lowest BCUT2D eigenvalue weighted by Crippen LogP contribution is -2.29. The Bertz CT molecular complexity index is 983. The molecule has 8 heteroatoms. The molecular formula is C18H19F2N5O. The van der Waals surface area contributed by atoms with Crippen molar-refractivity contribution in [3.8, 4) is 0 Å².